The number of benzene rings is 8. The molecule has 248 valence electrons. The minimum atomic E-state index is 0.848. The third-order valence-electron chi connectivity index (χ3n) is 10.9. The van der Waals surface area contributed by atoms with Crippen molar-refractivity contribution < 1.29 is 9.47 Å². The molecular formula is C48H29N3O2. The Bertz CT molecular complexity index is 3090. The summed E-state index contributed by atoms with van der Waals surface area (Å²) < 4.78 is 17.4. The van der Waals surface area contributed by atoms with Crippen molar-refractivity contribution in [2.24, 2.45) is 0 Å². The molecule has 2 aliphatic rings. The van der Waals surface area contributed by atoms with Crippen LogP contribution in [0.2, 0.25) is 0 Å². The van der Waals surface area contributed by atoms with Crippen molar-refractivity contribution in [3.05, 3.63) is 176 Å². The summed E-state index contributed by atoms with van der Waals surface area (Å²) in [5, 5.41) is 4.83. The number of fused-ring (bicyclic) bond motifs is 10. The van der Waals surface area contributed by atoms with Crippen LogP contribution in [0.1, 0.15) is 0 Å². The van der Waals surface area contributed by atoms with E-state index in [1.165, 1.54) is 43.7 Å². The molecule has 0 saturated carbocycles. The largest absolute Gasteiger partial charge is 0.453 e. The molecule has 0 saturated heterocycles. The van der Waals surface area contributed by atoms with Gasteiger partial charge in [0.15, 0.2) is 23.0 Å². The first-order chi connectivity index (χ1) is 26.3. The van der Waals surface area contributed by atoms with Crippen molar-refractivity contribution in [1.29, 1.82) is 0 Å². The van der Waals surface area contributed by atoms with Crippen molar-refractivity contribution in [2.75, 3.05) is 4.90 Å². The summed E-state index contributed by atoms with van der Waals surface area (Å²) >= 11 is 0. The zero-order valence-corrected chi connectivity index (χ0v) is 28.4. The Hall–Kier alpha value is -7.24. The van der Waals surface area contributed by atoms with Gasteiger partial charge in [-0.05, 0) is 96.1 Å². The van der Waals surface area contributed by atoms with Gasteiger partial charge in [-0.1, -0.05) is 91.0 Å². The molecule has 0 unspecified atom stereocenters. The van der Waals surface area contributed by atoms with Gasteiger partial charge in [0.2, 0.25) is 0 Å². The molecule has 0 atom stereocenters. The standard InChI is InChI=1S/C48H29N3O2/c1-2-12-38-34(10-1)37-29-33(50-40-13-3-6-16-44(40)52-45-17-7-4-14-41(45)50)25-27-39(37)49(38)32-23-20-30(21-24-32)31-22-26-35-36-11-9-19-47-48(36)51(43(35)28-31)42-15-5-8-18-46(42)53-47/h1-29H. The molecule has 0 N–H and O–H groups in total. The summed E-state index contributed by atoms with van der Waals surface area (Å²) in [6.45, 7) is 0. The van der Waals surface area contributed by atoms with Gasteiger partial charge in [-0.15, -0.1) is 0 Å². The second-order valence-corrected chi connectivity index (χ2v) is 13.8. The second kappa shape index (κ2) is 10.6. The predicted octanol–water partition coefficient (Wildman–Crippen LogP) is 13.2. The van der Waals surface area contributed by atoms with Gasteiger partial charge < -0.3 is 23.5 Å². The van der Waals surface area contributed by atoms with E-state index in [1.807, 2.05) is 36.4 Å². The fourth-order valence-electron chi connectivity index (χ4n) is 8.56. The molecule has 0 radical (unpaired) electrons. The number of hydrogen-bond donors (Lipinski definition) is 0. The Morgan fingerprint density at radius 2 is 0.887 bits per heavy atom. The Labute approximate surface area is 304 Å². The maximum atomic E-state index is 6.34. The number of para-hydroxylation sites is 8. The number of nitrogens with zero attached hydrogens (tertiary/aromatic N) is 3. The van der Waals surface area contributed by atoms with E-state index in [9.17, 15) is 0 Å². The van der Waals surface area contributed by atoms with Gasteiger partial charge >= 0.3 is 0 Å². The average Bonchev–Trinajstić information content (AvgIpc) is 3.73. The van der Waals surface area contributed by atoms with Crippen molar-refractivity contribution in [3.8, 4) is 45.5 Å². The zero-order valence-electron chi connectivity index (χ0n) is 28.4. The van der Waals surface area contributed by atoms with Crippen molar-refractivity contribution >= 4 is 60.7 Å². The lowest BCUT2D eigenvalue weighted by Gasteiger charge is -2.32. The van der Waals surface area contributed by atoms with E-state index in [0.29, 0.717) is 0 Å². The summed E-state index contributed by atoms with van der Waals surface area (Å²) in [7, 11) is 0. The zero-order chi connectivity index (χ0) is 34.6. The Balaban J connectivity index is 0.982. The van der Waals surface area contributed by atoms with Crippen LogP contribution in [-0.4, -0.2) is 9.13 Å². The van der Waals surface area contributed by atoms with E-state index in [-0.39, 0.29) is 0 Å². The highest BCUT2D eigenvalue weighted by Gasteiger charge is 2.27. The molecule has 53 heavy (non-hydrogen) atoms. The van der Waals surface area contributed by atoms with Crippen molar-refractivity contribution in [1.82, 2.24) is 9.13 Å². The third-order valence-corrected chi connectivity index (χ3v) is 10.9. The van der Waals surface area contributed by atoms with Crippen LogP contribution >= 0.6 is 0 Å². The average molecular weight is 680 g/mol. The molecule has 0 spiro atoms. The normalized spacial score (nSPS) is 12.8. The lowest BCUT2D eigenvalue weighted by molar-refractivity contribution is 0.476. The molecule has 2 aliphatic heterocycles. The monoisotopic (exact) mass is 679 g/mol. The van der Waals surface area contributed by atoms with Gasteiger partial charge in [-0.2, -0.15) is 0 Å². The van der Waals surface area contributed by atoms with Gasteiger partial charge in [0.1, 0.15) is 0 Å². The topological polar surface area (TPSA) is 31.6 Å². The SMILES string of the molecule is c1ccc2c(c1)Oc1ccccc1N2c1ccc2c(c1)c1ccccc1n2-c1ccc(-c2ccc3c4cccc5c4n(c3c2)-c2ccccc2O5)cc1. The lowest BCUT2D eigenvalue weighted by atomic mass is 10.0. The summed E-state index contributed by atoms with van der Waals surface area (Å²) in [5.74, 6) is 3.46. The first-order valence-electron chi connectivity index (χ1n) is 17.9. The molecule has 0 amide bonds. The molecular weight excluding hydrogens is 651 g/mol. The number of anilines is 3. The van der Waals surface area contributed by atoms with E-state index in [2.05, 4.69) is 154 Å². The number of hydrogen-bond acceptors (Lipinski definition) is 3. The van der Waals surface area contributed by atoms with E-state index in [1.54, 1.807) is 0 Å². The summed E-state index contributed by atoms with van der Waals surface area (Å²) in [4.78, 5) is 2.31. The molecule has 12 rings (SSSR count). The summed E-state index contributed by atoms with van der Waals surface area (Å²) in [5.41, 5.74) is 12.3. The molecule has 4 heterocycles. The van der Waals surface area contributed by atoms with Crippen LogP contribution in [0.4, 0.5) is 17.1 Å². The predicted molar refractivity (Wildman–Crippen MR) is 215 cm³/mol. The highest BCUT2D eigenvalue weighted by molar-refractivity contribution is 6.13. The highest BCUT2D eigenvalue weighted by Crippen LogP contribution is 2.51. The van der Waals surface area contributed by atoms with Gasteiger partial charge in [0, 0.05) is 32.9 Å². The first kappa shape index (κ1) is 28.5. The molecule has 0 bridgehead atoms. The summed E-state index contributed by atoms with van der Waals surface area (Å²) in [6, 6.07) is 62.4. The maximum Gasteiger partial charge on any atom is 0.152 e. The van der Waals surface area contributed by atoms with Crippen LogP contribution < -0.4 is 14.4 Å². The molecule has 8 aromatic carbocycles. The Kier molecular flexibility index (Phi) is 5.71. The summed E-state index contributed by atoms with van der Waals surface area (Å²) in [6.07, 6.45) is 0. The van der Waals surface area contributed by atoms with E-state index in [4.69, 9.17) is 9.47 Å². The number of ether oxygens (including phenoxy) is 2. The lowest BCUT2D eigenvalue weighted by Crippen LogP contribution is -2.15. The highest BCUT2D eigenvalue weighted by atomic mass is 16.5. The van der Waals surface area contributed by atoms with Gasteiger partial charge in [-0.25, -0.2) is 0 Å². The van der Waals surface area contributed by atoms with Crippen molar-refractivity contribution in [3.63, 3.8) is 0 Å². The van der Waals surface area contributed by atoms with Crippen LogP contribution in [0, 0.1) is 0 Å². The fourth-order valence-corrected chi connectivity index (χ4v) is 8.56. The fraction of sp³-hybridized carbons (Fsp3) is 0. The van der Waals surface area contributed by atoms with Crippen LogP contribution in [0.15, 0.2) is 176 Å². The van der Waals surface area contributed by atoms with E-state index in [0.717, 1.165) is 62.5 Å². The van der Waals surface area contributed by atoms with Crippen LogP contribution in [0.25, 0.3) is 66.1 Å². The molecule has 5 nitrogen and oxygen atoms in total. The van der Waals surface area contributed by atoms with Gasteiger partial charge in [-0.3, -0.25) is 0 Å². The van der Waals surface area contributed by atoms with Crippen LogP contribution in [0.5, 0.6) is 23.0 Å². The third kappa shape index (κ3) is 4.02. The molecule has 0 aliphatic carbocycles. The van der Waals surface area contributed by atoms with Crippen LogP contribution in [-0.2, 0) is 0 Å². The van der Waals surface area contributed by atoms with E-state index >= 15 is 0 Å². The first-order valence-corrected chi connectivity index (χ1v) is 17.9. The van der Waals surface area contributed by atoms with Crippen molar-refractivity contribution in [2.45, 2.75) is 0 Å². The molecule has 2 aromatic heterocycles. The maximum absolute atomic E-state index is 6.34. The molecule has 0 fully saturated rings. The van der Waals surface area contributed by atoms with E-state index < -0.39 is 0 Å². The minimum Gasteiger partial charge on any atom is -0.453 e. The Morgan fingerprint density at radius 1 is 0.321 bits per heavy atom. The van der Waals surface area contributed by atoms with Crippen LogP contribution in [0.3, 0.4) is 0 Å². The number of aromatic nitrogens is 2. The van der Waals surface area contributed by atoms with Gasteiger partial charge in [0.25, 0.3) is 0 Å². The number of rotatable bonds is 3. The minimum absolute atomic E-state index is 0.848. The molecule has 10 aromatic rings. The Morgan fingerprint density at radius 3 is 1.68 bits per heavy atom. The second-order valence-electron chi connectivity index (χ2n) is 13.8. The quantitative estimate of drug-likeness (QED) is 0.186. The smallest absolute Gasteiger partial charge is 0.152 e. The van der Waals surface area contributed by atoms with Gasteiger partial charge in [0.05, 0.1) is 39.1 Å². The molecule has 5 heteroatoms.